The highest BCUT2D eigenvalue weighted by atomic mass is 19.1. The maximum absolute atomic E-state index is 13.7. The molecule has 108 valence electrons. The fraction of sp³-hybridized carbons (Fsp3) is 0.615. The zero-order valence-electron chi connectivity index (χ0n) is 11.6. The highest BCUT2D eigenvalue weighted by Gasteiger charge is 2.27. The number of aliphatic hydroxyl groups is 1. The Morgan fingerprint density at radius 2 is 1.74 bits per heavy atom. The van der Waals surface area contributed by atoms with Crippen LogP contribution in [0.1, 0.15) is 33.6 Å². The molecule has 0 aliphatic rings. The van der Waals surface area contributed by atoms with E-state index >= 15 is 0 Å². The molecule has 0 fully saturated rings. The Morgan fingerprint density at radius 3 is 2.21 bits per heavy atom. The summed E-state index contributed by atoms with van der Waals surface area (Å²) in [6, 6.07) is 0.792. The minimum absolute atomic E-state index is 0.00504. The molecule has 0 atom stereocenters. The summed E-state index contributed by atoms with van der Waals surface area (Å²) in [5, 5.41) is 15.1. The molecule has 0 unspecified atom stereocenters. The van der Waals surface area contributed by atoms with E-state index < -0.39 is 17.2 Å². The molecule has 1 rings (SSSR count). The second kappa shape index (κ2) is 6.65. The molecular weight excluding hydrogens is 252 g/mol. The predicted octanol–water partition coefficient (Wildman–Crippen LogP) is 2.75. The van der Waals surface area contributed by atoms with Crippen molar-refractivity contribution in [2.45, 2.75) is 39.2 Å². The Bertz CT molecular complexity index is 414. The summed E-state index contributed by atoms with van der Waals surface area (Å²) in [5.41, 5.74) is -0.644. The number of aliphatic hydroxyl groups excluding tert-OH is 1. The molecular formula is C13H21F2N3O. The minimum Gasteiger partial charge on any atom is -0.394 e. The second-order valence-electron chi connectivity index (χ2n) is 4.45. The van der Waals surface area contributed by atoms with Gasteiger partial charge < -0.3 is 15.7 Å². The summed E-state index contributed by atoms with van der Waals surface area (Å²) in [5.74, 6) is -1.54. The third-order valence-corrected chi connectivity index (χ3v) is 3.31. The van der Waals surface area contributed by atoms with Crippen LogP contribution >= 0.6 is 0 Å². The van der Waals surface area contributed by atoms with E-state index in [9.17, 15) is 13.9 Å². The molecule has 0 aliphatic carbocycles. The quantitative estimate of drug-likeness (QED) is 0.715. The number of nitrogens with zero attached hydrogens (tertiary/aromatic N) is 1. The Hall–Kier alpha value is -1.43. The lowest BCUT2D eigenvalue weighted by Crippen LogP contribution is -2.41. The smallest absolute Gasteiger partial charge is 0.168 e. The van der Waals surface area contributed by atoms with Crippen molar-refractivity contribution < 1.29 is 13.9 Å². The zero-order valence-corrected chi connectivity index (χ0v) is 11.6. The Kier molecular flexibility index (Phi) is 5.47. The third-order valence-electron chi connectivity index (χ3n) is 3.31. The molecule has 6 heteroatoms. The first kappa shape index (κ1) is 15.6. The van der Waals surface area contributed by atoms with Crippen LogP contribution in [0.15, 0.2) is 6.07 Å². The van der Waals surface area contributed by atoms with Crippen LogP contribution in [0, 0.1) is 11.6 Å². The van der Waals surface area contributed by atoms with Crippen molar-refractivity contribution in [3.05, 3.63) is 17.7 Å². The molecule has 0 saturated heterocycles. The fourth-order valence-electron chi connectivity index (χ4n) is 1.79. The van der Waals surface area contributed by atoms with E-state index in [1.807, 2.05) is 13.8 Å². The Balaban J connectivity index is 3.09. The number of anilines is 2. The molecule has 0 aliphatic heterocycles. The highest BCUT2D eigenvalue weighted by Crippen LogP contribution is 2.25. The molecule has 0 saturated carbocycles. The average molecular weight is 273 g/mol. The van der Waals surface area contributed by atoms with Gasteiger partial charge in [-0.1, -0.05) is 13.8 Å². The van der Waals surface area contributed by atoms with Crippen LogP contribution in [0.25, 0.3) is 0 Å². The van der Waals surface area contributed by atoms with Gasteiger partial charge in [-0.3, -0.25) is 0 Å². The molecule has 1 aromatic rings. The molecule has 0 bridgehead atoms. The number of halogens is 2. The third kappa shape index (κ3) is 3.53. The van der Waals surface area contributed by atoms with E-state index in [4.69, 9.17) is 0 Å². The standard InChI is InChI=1S/C13H21F2N3O/c1-4-13(5-2,8-19)18-12-10(15)7-9(14)11(17-12)16-6-3/h7,19H,4-6,8H2,1-3H3,(H2,16,17,18). The summed E-state index contributed by atoms with van der Waals surface area (Å²) in [6.45, 7) is 5.92. The fourth-order valence-corrected chi connectivity index (χ4v) is 1.79. The normalized spacial score (nSPS) is 11.5. The lowest BCUT2D eigenvalue weighted by Gasteiger charge is -2.31. The van der Waals surface area contributed by atoms with Gasteiger partial charge in [0.15, 0.2) is 23.3 Å². The number of nitrogens with one attached hydrogen (secondary N) is 2. The molecule has 0 amide bonds. The van der Waals surface area contributed by atoms with E-state index in [1.54, 1.807) is 6.92 Å². The first-order valence-corrected chi connectivity index (χ1v) is 6.50. The van der Waals surface area contributed by atoms with Crippen molar-refractivity contribution >= 4 is 11.6 Å². The highest BCUT2D eigenvalue weighted by molar-refractivity contribution is 5.49. The molecule has 0 aromatic carbocycles. The van der Waals surface area contributed by atoms with Gasteiger partial charge in [0, 0.05) is 12.6 Å². The lowest BCUT2D eigenvalue weighted by molar-refractivity contribution is 0.201. The zero-order chi connectivity index (χ0) is 14.5. The first-order chi connectivity index (χ1) is 9.01. The van der Waals surface area contributed by atoms with Crippen LogP contribution in [0.2, 0.25) is 0 Å². The molecule has 0 spiro atoms. The average Bonchev–Trinajstić information content (AvgIpc) is 2.41. The van der Waals surface area contributed by atoms with Crippen molar-refractivity contribution in [3.8, 4) is 0 Å². The number of rotatable bonds is 7. The predicted molar refractivity (Wildman–Crippen MR) is 72.3 cm³/mol. The first-order valence-electron chi connectivity index (χ1n) is 6.50. The Labute approximate surface area is 112 Å². The topological polar surface area (TPSA) is 57.2 Å². The van der Waals surface area contributed by atoms with Crippen molar-refractivity contribution in [2.75, 3.05) is 23.8 Å². The van der Waals surface area contributed by atoms with Crippen molar-refractivity contribution in [2.24, 2.45) is 0 Å². The molecule has 1 aromatic heterocycles. The van der Waals surface area contributed by atoms with Crippen LogP contribution < -0.4 is 10.6 Å². The molecule has 0 radical (unpaired) electrons. The molecule has 3 N–H and O–H groups in total. The van der Waals surface area contributed by atoms with Crippen molar-refractivity contribution in [1.29, 1.82) is 0 Å². The minimum atomic E-state index is -0.765. The van der Waals surface area contributed by atoms with Gasteiger partial charge in [0.2, 0.25) is 0 Å². The number of hydrogen-bond acceptors (Lipinski definition) is 4. The van der Waals surface area contributed by atoms with E-state index in [-0.39, 0.29) is 18.2 Å². The summed E-state index contributed by atoms with van der Waals surface area (Å²) >= 11 is 0. The van der Waals surface area contributed by atoms with Gasteiger partial charge in [0.1, 0.15) is 0 Å². The summed E-state index contributed by atoms with van der Waals surface area (Å²) in [4.78, 5) is 3.91. The SMILES string of the molecule is CCNc1nc(NC(CC)(CC)CO)c(F)cc1F. The van der Waals surface area contributed by atoms with Crippen LogP contribution in [0.5, 0.6) is 0 Å². The lowest BCUT2D eigenvalue weighted by atomic mass is 9.94. The molecule has 1 heterocycles. The van der Waals surface area contributed by atoms with E-state index in [1.165, 1.54) is 0 Å². The molecule has 4 nitrogen and oxygen atoms in total. The summed E-state index contributed by atoms with van der Waals surface area (Å²) in [7, 11) is 0. The van der Waals surface area contributed by atoms with Gasteiger partial charge in [-0.15, -0.1) is 0 Å². The second-order valence-corrected chi connectivity index (χ2v) is 4.45. The van der Waals surface area contributed by atoms with Gasteiger partial charge in [0.25, 0.3) is 0 Å². The number of pyridine rings is 1. The van der Waals surface area contributed by atoms with Gasteiger partial charge in [-0.25, -0.2) is 13.8 Å². The maximum atomic E-state index is 13.7. The van der Waals surface area contributed by atoms with Gasteiger partial charge in [-0.2, -0.15) is 0 Å². The number of aromatic nitrogens is 1. The van der Waals surface area contributed by atoms with Crippen LogP contribution in [-0.4, -0.2) is 28.8 Å². The van der Waals surface area contributed by atoms with E-state index in [2.05, 4.69) is 15.6 Å². The number of hydrogen-bond donors (Lipinski definition) is 3. The largest absolute Gasteiger partial charge is 0.394 e. The van der Waals surface area contributed by atoms with E-state index in [0.717, 1.165) is 6.07 Å². The Morgan fingerprint density at radius 1 is 1.16 bits per heavy atom. The van der Waals surface area contributed by atoms with Crippen molar-refractivity contribution in [3.63, 3.8) is 0 Å². The summed E-state index contributed by atoms with van der Waals surface area (Å²) in [6.07, 6.45) is 1.21. The van der Waals surface area contributed by atoms with Gasteiger partial charge >= 0.3 is 0 Å². The summed E-state index contributed by atoms with van der Waals surface area (Å²) < 4.78 is 27.2. The van der Waals surface area contributed by atoms with Gasteiger partial charge in [0.05, 0.1) is 12.1 Å². The van der Waals surface area contributed by atoms with E-state index in [0.29, 0.717) is 19.4 Å². The van der Waals surface area contributed by atoms with Crippen LogP contribution in [0.3, 0.4) is 0 Å². The van der Waals surface area contributed by atoms with Crippen LogP contribution in [-0.2, 0) is 0 Å². The molecule has 19 heavy (non-hydrogen) atoms. The maximum Gasteiger partial charge on any atom is 0.168 e. The van der Waals surface area contributed by atoms with Crippen molar-refractivity contribution in [1.82, 2.24) is 4.98 Å². The van der Waals surface area contributed by atoms with Crippen LogP contribution in [0.4, 0.5) is 20.4 Å². The monoisotopic (exact) mass is 273 g/mol. The van der Waals surface area contributed by atoms with Gasteiger partial charge in [-0.05, 0) is 19.8 Å².